The average Bonchev–Trinajstić information content (AvgIpc) is 3.29. The molecular weight excluding hydrogens is 511 g/mol. The van der Waals surface area contributed by atoms with Gasteiger partial charge in [-0.15, -0.1) is 0 Å². The van der Waals surface area contributed by atoms with Crippen LogP contribution < -0.4 is 20.9 Å². The molecule has 208 valence electrons. The van der Waals surface area contributed by atoms with Gasteiger partial charge in [0.1, 0.15) is 0 Å². The smallest absolute Gasteiger partial charge is 0.390 e. The van der Waals surface area contributed by atoms with Gasteiger partial charge in [0.05, 0.1) is 18.7 Å². The van der Waals surface area contributed by atoms with Crippen molar-refractivity contribution in [1.82, 2.24) is 10.6 Å². The molecule has 0 spiro atoms. The predicted octanol–water partition coefficient (Wildman–Crippen LogP) is 3.73. The van der Waals surface area contributed by atoms with Crippen molar-refractivity contribution in [3.8, 4) is 0 Å². The fourth-order valence-electron chi connectivity index (χ4n) is 4.15. The largest absolute Gasteiger partial charge is 0.454 e. The van der Waals surface area contributed by atoms with Gasteiger partial charge in [-0.2, -0.15) is 22.0 Å². The molecule has 7 nitrogen and oxygen atoms in total. The molecule has 0 aliphatic carbocycles. The zero-order valence-corrected chi connectivity index (χ0v) is 20.8. The molecule has 1 fully saturated rings. The van der Waals surface area contributed by atoms with Gasteiger partial charge in [0, 0.05) is 43.0 Å². The Labute approximate surface area is 217 Å². The highest BCUT2D eigenvalue weighted by Gasteiger charge is 2.56. The van der Waals surface area contributed by atoms with Gasteiger partial charge in [0.25, 0.3) is 5.91 Å². The number of hydrogen-bond donors (Lipinski definition) is 4. The van der Waals surface area contributed by atoms with Crippen LogP contribution in [0.25, 0.3) is 0 Å². The first kappa shape index (κ1) is 29.3. The highest BCUT2D eigenvalue weighted by molar-refractivity contribution is 6.00. The number of aliphatic hydroxyl groups excluding tert-OH is 1. The minimum atomic E-state index is -5.73. The third-order valence-corrected chi connectivity index (χ3v) is 6.14. The third-order valence-electron chi connectivity index (χ3n) is 6.14. The van der Waals surface area contributed by atoms with Crippen LogP contribution in [0.3, 0.4) is 0 Å². The van der Waals surface area contributed by atoms with Gasteiger partial charge in [-0.1, -0.05) is 30.3 Å². The Morgan fingerprint density at radius 2 is 1.82 bits per heavy atom. The Morgan fingerprint density at radius 3 is 2.42 bits per heavy atom. The van der Waals surface area contributed by atoms with E-state index in [-0.39, 0.29) is 17.9 Å². The van der Waals surface area contributed by atoms with Gasteiger partial charge in [0.15, 0.2) is 0 Å². The molecule has 1 saturated heterocycles. The van der Waals surface area contributed by atoms with Gasteiger partial charge < -0.3 is 26.0 Å². The number of anilines is 2. The molecule has 0 saturated carbocycles. The van der Waals surface area contributed by atoms with Crippen molar-refractivity contribution < 1.29 is 36.6 Å². The third kappa shape index (κ3) is 7.64. The van der Waals surface area contributed by atoms with Crippen molar-refractivity contribution in [2.75, 3.05) is 36.4 Å². The van der Waals surface area contributed by atoms with Gasteiger partial charge in [-0.25, -0.2) is 0 Å². The fraction of sp³-hybridized carbons (Fsp3) is 0.462. The number of carbonyl (C=O) groups excluding carboxylic acids is 2. The number of nitrogens with one attached hydrogen (secondary N) is 3. The summed E-state index contributed by atoms with van der Waals surface area (Å²) in [6.45, 7) is 0.613. The lowest BCUT2D eigenvalue weighted by atomic mass is 10.00. The van der Waals surface area contributed by atoms with E-state index in [1.165, 1.54) is 0 Å². The lowest BCUT2D eigenvalue weighted by molar-refractivity contribution is -0.279. The van der Waals surface area contributed by atoms with E-state index in [1.54, 1.807) is 53.4 Å². The van der Waals surface area contributed by atoms with E-state index in [9.17, 15) is 36.6 Å². The molecule has 0 aromatic heterocycles. The lowest BCUT2D eigenvalue weighted by Crippen LogP contribution is -2.51. The fourth-order valence-corrected chi connectivity index (χ4v) is 4.15. The maximum Gasteiger partial charge on any atom is 0.454 e. The summed E-state index contributed by atoms with van der Waals surface area (Å²) in [6, 6.07) is 12.6. The molecule has 0 radical (unpaired) electrons. The second-order valence-corrected chi connectivity index (χ2v) is 9.12. The first-order chi connectivity index (χ1) is 17.9. The van der Waals surface area contributed by atoms with Crippen LogP contribution >= 0.6 is 0 Å². The Kier molecular flexibility index (Phi) is 9.66. The minimum absolute atomic E-state index is 0.0656. The van der Waals surface area contributed by atoms with Crippen LogP contribution in [-0.2, 0) is 11.2 Å². The molecular formula is C26H31F5N4O3. The maximum atomic E-state index is 13.3. The van der Waals surface area contributed by atoms with Crippen LogP contribution in [0.1, 0.15) is 35.7 Å². The monoisotopic (exact) mass is 542 g/mol. The van der Waals surface area contributed by atoms with Crippen molar-refractivity contribution in [3.05, 3.63) is 59.7 Å². The van der Waals surface area contributed by atoms with E-state index >= 15 is 0 Å². The standard InChI is InChI=1S/C26H31F5N4O3/c1-2-33-19-12-18(13-20(14-19)35-10-6-9-23(35)37)24(38)34-21(11-17-7-4-3-5-8-17)22(36)15-32-16-25(27,28)26(29,30)31/h3-5,7-8,12-14,21-22,32-33,36H,2,6,9-11,15-16H2,1H3,(H,34,38)/t21-,22+/m0/s1. The van der Waals surface area contributed by atoms with E-state index in [0.29, 0.717) is 42.9 Å². The van der Waals surface area contributed by atoms with E-state index in [2.05, 4.69) is 10.6 Å². The summed E-state index contributed by atoms with van der Waals surface area (Å²) in [4.78, 5) is 27.1. The highest BCUT2D eigenvalue weighted by Crippen LogP contribution is 2.34. The number of carbonyl (C=O) groups is 2. The molecule has 4 N–H and O–H groups in total. The van der Waals surface area contributed by atoms with Crippen LogP contribution in [0.15, 0.2) is 48.5 Å². The summed E-state index contributed by atoms with van der Waals surface area (Å²) >= 11 is 0. The summed E-state index contributed by atoms with van der Waals surface area (Å²) in [6.07, 6.45) is -6.03. The SMILES string of the molecule is CCNc1cc(C(=O)N[C@@H](Cc2ccccc2)[C@H](O)CNCC(F)(F)C(F)(F)F)cc(N2CCCC2=O)c1. The summed E-state index contributed by atoms with van der Waals surface area (Å²) < 4.78 is 64.0. The Balaban J connectivity index is 1.79. The number of rotatable bonds is 12. The summed E-state index contributed by atoms with van der Waals surface area (Å²) in [5.74, 6) is -5.64. The molecule has 12 heteroatoms. The number of benzene rings is 2. The van der Waals surface area contributed by atoms with Crippen LogP contribution in [0, 0.1) is 0 Å². The quantitative estimate of drug-likeness (QED) is 0.307. The number of aliphatic hydroxyl groups is 1. The van der Waals surface area contributed by atoms with Crippen LogP contribution in [0.2, 0.25) is 0 Å². The van der Waals surface area contributed by atoms with Gasteiger partial charge in [0.2, 0.25) is 5.91 Å². The van der Waals surface area contributed by atoms with E-state index in [4.69, 9.17) is 0 Å². The van der Waals surface area contributed by atoms with E-state index in [0.717, 1.165) is 0 Å². The number of alkyl halides is 5. The zero-order valence-electron chi connectivity index (χ0n) is 20.8. The molecule has 1 aliphatic rings. The minimum Gasteiger partial charge on any atom is -0.390 e. The predicted molar refractivity (Wildman–Crippen MR) is 133 cm³/mol. The first-order valence-electron chi connectivity index (χ1n) is 12.3. The van der Waals surface area contributed by atoms with Gasteiger partial charge in [-0.3, -0.25) is 9.59 Å². The Bertz CT molecular complexity index is 1100. The number of amides is 2. The number of nitrogens with zero attached hydrogens (tertiary/aromatic N) is 1. The summed E-state index contributed by atoms with van der Waals surface area (Å²) in [5, 5.41) is 18.5. The Morgan fingerprint density at radius 1 is 1.11 bits per heavy atom. The van der Waals surface area contributed by atoms with Gasteiger partial charge in [-0.05, 0) is 43.5 Å². The molecule has 0 unspecified atom stereocenters. The van der Waals surface area contributed by atoms with Crippen molar-refractivity contribution in [3.63, 3.8) is 0 Å². The maximum absolute atomic E-state index is 13.3. The topological polar surface area (TPSA) is 93.7 Å². The first-order valence-corrected chi connectivity index (χ1v) is 12.3. The Hall–Kier alpha value is -3.25. The molecule has 2 amide bonds. The molecule has 1 aliphatic heterocycles. The molecule has 0 bridgehead atoms. The van der Waals surface area contributed by atoms with Gasteiger partial charge >= 0.3 is 12.1 Å². The van der Waals surface area contributed by atoms with Crippen molar-refractivity contribution >= 4 is 23.2 Å². The molecule has 2 aromatic carbocycles. The van der Waals surface area contributed by atoms with E-state index < -0.39 is 43.2 Å². The van der Waals surface area contributed by atoms with Crippen LogP contribution in [0.4, 0.5) is 33.3 Å². The van der Waals surface area contributed by atoms with Crippen molar-refractivity contribution in [2.24, 2.45) is 0 Å². The lowest BCUT2D eigenvalue weighted by Gasteiger charge is -2.26. The highest BCUT2D eigenvalue weighted by atomic mass is 19.4. The second-order valence-electron chi connectivity index (χ2n) is 9.12. The second kappa shape index (κ2) is 12.5. The molecule has 2 aromatic rings. The number of halogens is 5. The zero-order chi connectivity index (χ0) is 27.9. The van der Waals surface area contributed by atoms with Crippen molar-refractivity contribution in [1.29, 1.82) is 0 Å². The molecule has 3 rings (SSSR count). The molecule has 2 atom stereocenters. The normalized spacial score (nSPS) is 15.9. The summed E-state index contributed by atoms with van der Waals surface area (Å²) in [7, 11) is 0. The van der Waals surface area contributed by atoms with E-state index in [1.807, 2.05) is 12.2 Å². The summed E-state index contributed by atoms with van der Waals surface area (Å²) in [5.41, 5.74) is 2.04. The molecule has 1 heterocycles. The molecule has 38 heavy (non-hydrogen) atoms. The van der Waals surface area contributed by atoms with Crippen molar-refractivity contribution in [2.45, 2.75) is 50.4 Å². The van der Waals surface area contributed by atoms with Crippen LogP contribution in [0.5, 0.6) is 0 Å². The number of hydrogen-bond acceptors (Lipinski definition) is 5. The average molecular weight is 543 g/mol. The van der Waals surface area contributed by atoms with Crippen LogP contribution in [-0.4, -0.2) is 67.3 Å².